The van der Waals surface area contributed by atoms with Gasteiger partial charge in [-0.1, -0.05) is 6.07 Å². The second-order valence-electron chi connectivity index (χ2n) is 5.19. The predicted octanol–water partition coefficient (Wildman–Crippen LogP) is 3.56. The predicted molar refractivity (Wildman–Crippen MR) is 75.9 cm³/mol. The van der Waals surface area contributed by atoms with Crippen molar-refractivity contribution in [2.24, 2.45) is 0 Å². The number of aliphatic hydroxyl groups excluding tert-OH is 1. The van der Waals surface area contributed by atoms with E-state index < -0.39 is 17.7 Å². The van der Waals surface area contributed by atoms with Crippen LogP contribution in [-0.2, 0) is 0 Å². The quantitative estimate of drug-likeness (QED) is 0.886. The van der Waals surface area contributed by atoms with Gasteiger partial charge in [0, 0.05) is 18.2 Å². The monoisotopic (exact) mass is 295 g/mol. The van der Waals surface area contributed by atoms with Gasteiger partial charge in [-0.2, -0.15) is 0 Å². The van der Waals surface area contributed by atoms with Crippen molar-refractivity contribution in [2.75, 3.05) is 6.54 Å². The molecule has 1 heterocycles. The lowest BCUT2D eigenvalue weighted by molar-refractivity contribution is 0.170. The Morgan fingerprint density at radius 3 is 2.48 bits per heavy atom. The van der Waals surface area contributed by atoms with E-state index in [4.69, 9.17) is 4.42 Å². The SMILES string of the molecule is Cc1cc(C(C)NCC(O)c2ccc(F)c(F)c2)c(C)o1. The van der Waals surface area contributed by atoms with Gasteiger partial charge >= 0.3 is 0 Å². The maximum atomic E-state index is 13.1. The number of hydrogen-bond acceptors (Lipinski definition) is 3. The molecule has 0 fully saturated rings. The molecule has 0 aliphatic carbocycles. The molecule has 0 saturated carbocycles. The molecule has 2 atom stereocenters. The van der Waals surface area contributed by atoms with E-state index in [0.717, 1.165) is 29.2 Å². The van der Waals surface area contributed by atoms with Crippen LogP contribution in [0.15, 0.2) is 28.7 Å². The maximum absolute atomic E-state index is 13.1. The second-order valence-corrected chi connectivity index (χ2v) is 5.19. The van der Waals surface area contributed by atoms with Gasteiger partial charge in [0.15, 0.2) is 11.6 Å². The summed E-state index contributed by atoms with van der Waals surface area (Å²) in [5, 5.41) is 13.2. The molecule has 3 nitrogen and oxygen atoms in total. The highest BCUT2D eigenvalue weighted by molar-refractivity contribution is 5.24. The van der Waals surface area contributed by atoms with E-state index in [1.807, 2.05) is 26.8 Å². The molecule has 0 saturated heterocycles. The molecule has 2 rings (SSSR count). The van der Waals surface area contributed by atoms with Crippen LogP contribution in [0.2, 0.25) is 0 Å². The third kappa shape index (κ3) is 3.68. The summed E-state index contributed by atoms with van der Waals surface area (Å²) in [6.45, 7) is 5.94. The first-order valence-electron chi connectivity index (χ1n) is 6.81. The number of halogens is 2. The third-order valence-electron chi connectivity index (χ3n) is 3.49. The zero-order valence-electron chi connectivity index (χ0n) is 12.3. The molecule has 5 heteroatoms. The molecule has 1 aromatic carbocycles. The average Bonchev–Trinajstić information content (AvgIpc) is 2.77. The number of nitrogens with one attached hydrogen (secondary N) is 1. The first-order chi connectivity index (χ1) is 9.88. The lowest BCUT2D eigenvalue weighted by Gasteiger charge is -2.17. The summed E-state index contributed by atoms with van der Waals surface area (Å²) in [5.41, 5.74) is 1.36. The van der Waals surface area contributed by atoms with Crippen LogP contribution in [0.5, 0.6) is 0 Å². The summed E-state index contributed by atoms with van der Waals surface area (Å²) in [4.78, 5) is 0. The maximum Gasteiger partial charge on any atom is 0.159 e. The summed E-state index contributed by atoms with van der Waals surface area (Å²) in [6.07, 6.45) is -0.907. The minimum absolute atomic E-state index is 0.0117. The summed E-state index contributed by atoms with van der Waals surface area (Å²) in [6, 6.07) is 5.34. The van der Waals surface area contributed by atoms with Crippen LogP contribution in [0, 0.1) is 25.5 Å². The first kappa shape index (κ1) is 15.7. The van der Waals surface area contributed by atoms with Crippen LogP contribution in [0.3, 0.4) is 0 Å². The van der Waals surface area contributed by atoms with Crippen molar-refractivity contribution in [1.29, 1.82) is 0 Å². The fraction of sp³-hybridized carbons (Fsp3) is 0.375. The van der Waals surface area contributed by atoms with Crippen molar-refractivity contribution >= 4 is 0 Å². The van der Waals surface area contributed by atoms with Crippen molar-refractivity contribution in [3.05, 3.63) is 58.5 Å². The smallest absolute Gasteiger partial charge is 0.159 e. The topological polar surface area (TPSA) is 45.4 Å². The molecule has 0 bridgehead atoms. The molecular formula is C16H19F2NO2. The Kier molecular flexibility index (Phi) is 4.75. The minimum atomic E-state index is -0.957. The molecule has 0 radical (unpaired) electrons. The van der Waals surface area contributed by atoms with Crippen molar-refractivity contribution < 1.29 is 18.3 Å². The van der Waals surface area contributed by atoms with E-state index >= 15 is 0 Å². The highest BCUT2D eigenvalue weighted by atomic mass is 19.2. The average molecular weight is 295 g/mol. The molecule has 0 aliphatic rings. The van der Waals surface area contributed by atoms with E-state index in [9.17, 15) is 13.9 Å². The summed E-state index contributed by atoms with van der Waals surface area (Å²) in [5.74, 6) is -0.218. The fourth-order valence-corrected chi connectivity index (χ4v) is 2.32. The van der Waals surface area contributed by atoms with Gasteiger partial charge in [0.25, 0.3) is 0 Å². The van der Waals surface area contributed by atoms with E-state index in [0.29, 0.717) is 5.56 Å². The Bertz CT molecular complexity index is 625. The Balaban J connectivity index is 1.98. The van der Waals surface area contributed by atoms with Gasteiger partial charge < -0.3 is 14.8 Å². The molecule has 21 heavy (non-hydrogen) atoms. The molecule has 0 amide bonds. The zero-order chi connectivity index (χ0) is 15.6. The van der Waals surface area contributed by atoms with E-state index in [1.165, 1.54) is 6.07 Å². The highest BCUT2D eigenvalue weighted by Crippen LogP contribution is 2.22. The van der Waals surface area contributed by atoms with E-state index in [2.05, 4.69) is 5.32 Å². The van der Waals surface area contributed by atoms with Gasteiger partial charge in [0.1, 0.15) is 11.5 Å². The molecule has 2 unspecified atom stereocenters. The van der Waals surface area contributed by atoms with Crippen LogP contribution in [0.1, 0.15) is 41.7 Å². The Morgan fingerprint density at radius 1 is 1.19 bits per heavy atom. The summed E-state index contributed by atoms with van der Waals surface area (Å²) in [7, 11) is 0. The summed E-state index contributed by atoms with van der Waals surface area (Å²) < 4.78 is 31.5. The molecule has 1 aromatic heterocycles. The van der Waals surface area contributed by atoms with Crippen LogP contribution < -0.4 is 5.32 Å². The Morgan fingerprint density at radius 2 is 1.90 bits per heavy atom. The fourth-order valence-electron chi connectivity index (χ4n) is 2.32. The minimum Gasteiger partial charge on any atom is -0.466 e. The first-order valence-corrected chi connectivity index (χ1v) is 6.81. The van der Waals surface area contributed by atoms with Crippen molar-refractivity contribution in [3.8, 4) is 0 Å². The van der Waals surface area contributed by atoms with Gasteiger partial charge in [-0.25, -0.2) is 8.78 Å². The van der Waals surface area contributed by atoms with Crippen LogP contribution in [-0.4, -0.2) is 11.7 Å². The number of rotatable bonds is 5. The molecule has 2 N–H and O–H groups in total. The molecule has 2 aromatic rings. The van der Waals surface area contributed by atoms with Crippen molar-refractivity contribution in [1.82, 2.24) is 5.32 Å². The van der Waals surface area contributed by atoms with Crippen molar-refractivity contribution in [3.63, 3.8) is 0 Å². The van der Waals surface area contributed by atoms with Crippen LogP contribution in [0.25, 0.3) is 0 Å². The van der Waals surface area contributed by atoms with E-state index in [1.54, 1.807) is 0 Å². The largest absolute Gasteiger partial charge is 0.466 e. The molecule has 114 valence electrons. The van der Waals surface area contributed by atoms with Gasteiger partial charge in [0.05, 0.1) is 6.10 Å². The van der Waals surface area contributed by atoms with Crippen LogP contribution in [0.4, 0.5) is 8.78 Å². The molecule has 0 aliphatic heterocycles. The van der Waals surface area contributed by atoms with Crippen LogP contribution >= 0.6 is 0 Å². The number of aryl methyl sites for hydroxylation is 2. The van der Waals surface area contributed by atoms with E-state index in [-0.39, 0.29) is 12.6 Å². The van der Waals surface area contributed by atoms with Gasteiger partial charge in [-0.3, -0.25) is 0 Å². The lowest BCUT2D eigenvalue weighted by Crippen LogP contribution is -2.25. The number of hydrogen-bond donors (Lipinski definition) is 2. The van der Waals surface area contributed by atoms with Gasteiger partial charge in [-0.15, -0.1) is 0 Å². The van der Waals surface area contributed by atoms with Gasteiger partial charge in [0.2, 0.25) is 0 Å². The summed E-state index contributed by atoms with van der Waals surface area (Å²) >= 11 is 0. The molecular weight excluding hydrogens is 276 g/mol. The Labute approximate surface area is 122 Å². The normalized spacial score (nSPS) is 14.2. The van der Waals surface area contributed by atoms with Crippen molar-refractivity contribution in [2.45, 2.75) is 32.9 Å². The number of benzene rings is 1. The highest BCUT2D eigenvalue weighted by Gasteiger charge is 2.15. The third-order valence-corrected chi connectivity index (χ3v) is 3.49. The lowest BCUT2D eigenvalue weighted by atomic mass is 10.1. The number of aliphatic hydroxyl groups is 1. The standard InChI is InChI=1S/C16H19F2NO2/c1-9-6-13(11(3)21-9)10(2)19-8-16(20)12-4-5-14(17)15(18)7-12/h4-7,10,16,19-20H,8H2,1-3H3. The second kappa shape index (κ2) is 6.37. The molecule has 0 spiro atoms. The van der Waals surface area contributed by atoms with Gasteiger partial charge in [-0.05, 0) is 44.5 Å². The number of furan rings is 1. The Hall–Kier alpha value is -1.72. The zero-order valence-corrected chi connectivity index (χ0v) is 12.3.